The van der Waals surface area contributed by atoms with Gasteiger partial charge in [-0.25, -0.2) is 4.79 Å². The fraction of sp³-hybridized carbons (Fsp3) is 0.242. The van der Waals surface area contributed by atoms with E-state index >= 15 is 0 Å². The molecule has 4 aromatic rings. The van der Waals surface area contributed by atoms with Gasteiger partial charge >= 0.3 is 5.97 Å². The van der Waals surface area contributed by atoms with Crippen LogP contribution < -0.4 is 14.4 Å². The number of hydrogen-bond donors (Lipinski definition) is 0. The molecule has 1 fully saturated rings. The second-order valence-electron chi connectivity index (χ2n) is 9.87. The van der Waals surface area contributed by atoms with E-state index in [-0.39, 0.29) is 5.97 Å². The molecule has 0 N–H and O–H groups in total. The number of carbonyl (C=O) groups is 1. The van der Waals surface area contributed by atoms with Crippen LogP contribution in [0.3, 0.4) is 0 Å². The smallest absolute Gasteiger partial charge is 0.340 e. The van der Waals surface area contributed by atoms with E-state index < -0.39 is 5.60 Å². The first kappa shape index (κ1) is 25.0. The van der Waals surface area contributed by atoms with Crippen molar-refractivity contribution in [3.63, 3.8) is 0 Å². The number of hydrogen-bond acceptors (Lipinski definition) is 6. The van der Waals surface area contributed by atoms with Crippen LogP contribution >= 0.6 is 0 Å². The highest BCUT2D eigenvalue weighted by Crippen LogP contribution is 2.50. The number of anilines is 1. The van der Waals surface area contributed by atoms with Crippen molar-refractivity contribution in [2.45, 2.75) is 12.5 Å². The quantitative estimate of drug-likeness (QED) is 0.295. The zero-order valence-corrected chi connectivity index (χ0v) is 22.4. The van der Waals surface area contributed by atoms with E-state index in [0.29, 0.717) is 31.9 Å². The summed E-state index contributed by atoms with van der Waals surface area (Å²) < 4.78 is 23.6. The van der Waals surface area contributed by atoms with Crippen molar-refractivity contribution in [2.24, 2.45) is 0 Å². The number of rotatable bonds is 5. The maximum Gasteiger partial charge on any atom is 0.340 e. The van der Waals surface area contributed by atoms with Crippen LogP contribution in [0.25, 0.3) is 16.8 Å². The predicted octanol–water partition coefficient (Wildman–Crippen LogP) is 6.13. The summed E-state index contributed by atoms with van der Waals surface area (Å²) in [5.41, 5.74) is 4.42. The van der Waals surface area contributed by atoms with Gasteiger partial charge in [-0.3, -0.25) is 0 Å². The summed E-state index contributed by atoms with van der Waals surface area (Å²) in [4.78, 5) is 15.5. The third-order valence-corrected chi connectivity index (χ3v) is 7.61. The van der Waals surface area contributed by atoms with E-state index in [1.165, 1.54) is 7.11 Å². The van der Waals surface area contributed by atoms with E-state index in [1.54, 1.807) is 7.11 Å². The molecule has 0 amide bonds. The predicted molar refractivity (Wildman–Crippen MR) is 153 cm³/mol. The Labute approximate surface area is 228 Å². The maximum absolute atomic E-state index is 13.3. The van der Waals surface area contributed by atoms with Crippen LogP contribution in [0.1, 0.15) is 32.6 Å². The van der Waals surface area contributed by atoms with Gasteiger partial charge in [0.05, 0.1) is 38.7 Å². The van der Waals surface area contributed by atoms with Gasteiger partial charge in [0.1, 0.15) is 11.5 Å². The molecule has 2 heterocycles. The number of aryl methyl sites for hydroxylation is 1. The van der Waals surface area contributed by atoms with Crippen LogP contribution in [-0.4, -0.2) is 46.5 Å². The maximum atomic E-state index is 13.3. The SMILES string of the molecule is COC(=O)c1c(N2CCOCC2)c2c(c3cc(C)ccc13)OC(c1ccccc1)(c1ccc(OC)cc1)C=C2. The topological polar surface area (TPSA) is 57.2 Å². The molecule has 0 spiro atoms. The molecule has 0 radical (unpaired) electrons. The van der Waals surface area contributed by atoms with Gasteiger partial charge in [0.15, 0.2) is 5.60 Å². The van der Waals surface area contributed by atoms with Crippen LogP contribution in [0.5, 0.6) is 11.5 Å². The number of ether oxygens (including phenoxy) is 4. The second kappa shape index (κ2) is 10.1. The largest absolute Gasteiger partial charge is 0.497 e. The molecule has 6 nitrogen and oxygen atoms in total. The van der Waals surface area contributed by atoms with Crippen molar-refractivity contribution in [1.29, 1.82) is 0 Å². The van der Waals surface area contributed by atoms with Gasteiger partial charge in [-0.15, -0.1) is 0 Å². The molecule has 1 unspecified atom stereocenters. The van der Waals surface area contributed by atoms with E-state index in [4.69, 9.17) is 18.9 Å². The highest BCUT2D eigenvalue weighted by Gasteiger charge is 2.40. The highest BCUT2D eigenvalue weighted by molar-refractivity contribution is 6.14. The number of morpholine rings is 1. The van der Waals surface area contributed by atoms with Gasteiger partial charge in [-0.2, -0.15) is 0 Å². The molecule has 0 saturated carbocycles. The van der Waals surface area contributed by atoms with Crippen molar-refractivity contribution in [3.8, 4) is 11.5 Å². The molecule has 0 aliphatic carbocycles. The van der Waals surface area contributed by atoms with Gasteiger partial charge in [0, 0.05) is 40.6 Å². The van der Waals surface area contributed by atoms with Crippen molar-refractivity contribution < 1.29 is 23.7 Å². The summed E-state index contributed by atoms with van der Waals surface area (Å²) in [5, 5.41) is 1.68. The molecular weight excluding hydrogens is 490 g/mol. The summed E-state index contributed by atoms with van der Waals surface area (Å²) in [7, 11) is 3.09. The minimum Gasteiger partial charge on any atom is -0.497 e. The highest BCUT2D eigenvalue weighted by atomic mass is 16.5. The van der Waals surface area contributed by atoms with Gasteiger partial charge in [0.2, 0.25) is 0 Å². The number of fused-ring (bicyclic) bond motifs is 3. The van der Waals surface area contributed by atoms with Gasteiger partial charge in [0.25, 0.3) is 0 Å². The lowest BCUT2D eigenvalue weighted by Crippen LogP contribution is -2.39. The number of carbonyl (C=O) groups excluding carboxylic acids is 1. The van der Waals surface area contributed by atoms with Crippen LogP contribution in [0.4, 0.5) is 5.69 Å². The zero-order valence-electron chi connectivity index (χ0n) is 22.4. The number of benzene rings is 4. The molecule has 0 bridgehead atoms. The van der Waals surface area contributed by atoms with E-state index in [0.717, 1.165) is 50.2 Å². The standard InChI is InChI=1S/C33H31NO5/c1-22-9-14-26-28(21-22)31-27(30(29(26)32(35)37-3)34-17-19-38-20-18-34)15-16-33(39-31,23-7-5-4-6-8-23)24-10-12-25(36-2)13-11-24/h4-16,21H,17-20H2,1-3H3. The first-order valence-corrected chi connectivity index (χ1v) is 13.2. The van der Waals surface area contributed by atoms with Crippen molar-refractivity contribution >= 4 is 28.5 Å². The average Bonchev–Trinajstić information content (AvgIpc) is 3.00. The Morgan fingerprint density at radius 1 is 0.897 bits per heavy atom. The lowest BCUT2D eigenvalue weighted by Gasteiger charge is -2.39. The Morgan fingerprint density at radius 3 is 2.31 bits per heavy atom. The third kappa shape index (κ3) is 4.21. The molecule has 2 aliphatic heterocycles. The molecule has 4 aromatic carbocycles. The van der Waals surface area contributed by atoms with Crippen molar-refractivity contribution in [3.05, 3.63) is 107 Å². The van der Waals surface area contributed by atoms with Gasteiger partial charge < -0.3 is 23.8 Å². The Bertz CT molecular complexity index is 1560. The summed E-state index contributed by atoms with van der Waals surface area (Å²) in [6.45, 7) is 4.57. The van der Waals surface area contributed by atoms with Crippen LogP contribution in [-0.2, 0) is 15.1 Å². The normalized spacial score (nSPS) is 18.4. The van der Waals surface area contributed by atoms with E-state index in [2.05, 4.69) is 35.3 Å². The molecule has 1 atom stereocenters. The molecule has 6 heteroatoms. The van der Waals surface area contributed by atoms with Crippen molar-refractivity contribution in [2.75, 3.05) is 45.4 Å². The van der Waals surface area contributed by atoms with Crippen LogP contribution in [0.2, 0.25) is 0 Å². The monoisotopic (exact) mass is 521 g/mol. The summed E-state index contributed by atoms with van der Waals surface area (Å²) >= 11 is 0. The van der Waals surface area contributed by atoms with Crippen molar-refractivity contribution in [1.82, 2.24) is 0 Å². The molecule has 6 rings (SSSR count). The number of methoxy groups -OCH3 is 2. The van der Waals surface area contributed by atoms with E-state index in [1.807, 2.05) is 61.5 Å². The molecular formula is C33H31NO5. The number of esters is 1. The molecule has 2 aliphatic rings. The second-order valence-corrected chi connectivity index (χ2v) is 9.87. The third-order valence-electron chi connectivity index (χ3n) is 7.61. The minimum absolute atomic E-state index is 0.364. The minimum atomic E-state index is -0.883. The average molecular weight is 522 g/mol. The molecule has 198 valence electrons. The fourth-order valence-electron chi connectivity index (χ4n) is 5.66. The first-order valence-electron chi connectivity index (χ1n) is 13.2. The summed E-state index contributed by atoms with van der Waals surface area (Å²) in [6, 6.07) is 24.3. The Kier molecular flexibility index (Phi) is 6.49. The summed E-state index contributed by atoms with van der Waals surface area (Å²) in [5.74, 6) is 1.15. The van der Waals surface area contributed by atoms with Crippen LogP contribution in [0.15, 0.2) is 78.9 Å². The lowest BCUT2D eigenvalue weighted by molar-refractivity contribution is 0.0602. The molecule has 0 aromatic heterocycles. The zero-order chi connectivity index (χ0) is 27.0. The Hall–Kier alpha value is -4.29. The molecule has 39 heavy (non-hydrogen) atoms. The van der Waals surface area contributed by atoms with Gasteiger partial charge in [-0.05, 0) is 37.3 Å². The number of nitrogens with zero attached hydrogens (tertiary/aromatic N) is 1. The Balaban J connectivity index is 1.66. The molecule has 1 saturated heterocycles. The fourth-order valence-corrected chi connectivity index (χ4v) is 5.66. The summed E-state index contributed by atoms with van der Waals surface area (Å²) in [6.07, 6.45) is 4.20. The van der Waals surface area contributed by atoms with Crippen LogP contribution in [0, 0.1) is 6.92 Å². The first-order chi connectivity index (χ1) is 19.1. The Morgan fingerprint density at radius 2 is 1.62 bits per heavy atom. The van der Waals surface area contributed by atoms with E-state index in [9.17, 15) is 4.79 Å². The lowest BCUT2D eigenvalue weighted by atomic mass is 9.82. The van der Waals surface area contributed by atoms with Gasteiger partial charge in [-0.1, -0.05) is 60.2 Å².